The maximum absolute atomic E-state index is 8.59. The van der Waals surface area contributed by atoms with Gasteiger partial charge in [-0.25, -0.2) is 0 Å². The summed E-state index contributed by atoms with van der Waals surface area (Å²) in [7, 11) is 0. The van der Waals surface area contributed by atoms with Gasteiger partial charge in [0, 0.05) is 22.4 Å². The van der Waals surface area contributed by atoms with Crippen LogP contribution in [-0.2, 0) is 0 Å². The largest absolute Gasteiger partial charge is 0.339 e. The predicted octanol–water partition coefficient (Wildman–Crippen LogP) is 4.21. The van der Waals surface area contributed by atoms with Crippen molar-refractivity contribution in [2.24, 2.45) is 0 Å². The van der Waals surface area contributed by atoms with E-state index in [1.807, 2.05) is 32.0 Å². The van der Waals surface area contributed by atoms with Gasteiger partial charge >= 0.3 is 0 Å². The van der Waals surface area contributed by atoms with Crippen LogP contribution in [0, 0.1) is 18.3 Å². The molecule has 5 heteroatoms. The minimum Gasteiger partial charge on any atom is -0.339 e. The van der Waals surface area contributed by atoms with Crippen LogP contribution in [0.4, 0.5) is 0 Å². The Labute approximate surface area is 120 Å². The number of rotatable bonds is 4. The molecule has 2 aromatic rings. The zero-order valence-electron chi connectivity index (χ0n) is 10.9. The van der Waals surface area contributed by atoms with Crippen LogP contribution < -0.4 is 0 Å². The zero-order valence-corrected chi connectivity index (χ0v) is 12.4. The maximum Gasteiger partial charge on any atom is 0.229 e. The minimum atomic E-state index is 0.108. The van der Waals surface area contributed by atoms with Crippen molar-refractivity contribution in [2.75, 3.05) is 0 Å². The third kappa shape index (κ3) is 3.21. The summed E-state index contributed by atoms with van der Waals surface area (Å²) in [5.74, 6) is 1.30. The highest BCUT2D eigenvalue weighted by Gasteiger charge is 2.16. The molecular formula is C14H14BrN3O. The standard InChI is InChI=1S/C14H14BrN3O/c1-9(4-3-7-16)14-17-13(18-19-14)12-6-5-11(15)8-10(12)2/h5-6,8-9H,3-4H2,1-2H3. The van der Waals surface area contributed by atoms with Crippen molar-refractivity contribution in [3.63, 3.8) is 0 Å². The molecule has 0 aliphatic heterocycles. The fourth-order valence-electron chi connectivity index (χ4n) is 1.83. The highest BCUT2D eigenvalue weighted by Crippen LogP contribution is 2.26. The number of halogens is 1. The van der Waals surface area contributed by atoms with E-state index in [2.05, 4.69) is 32.1 Å². The SMILES string of the molecule is Cc1cc(Br)ccc1-c1noc(C(C)CCC#N)n1. The van der Waals surface area contributed by atoms with Crippen LogP contribution in [-0.4, -0.2) is 10.1 Å². The van der Waals surface area contributed by atoms with Crippen molar-refractivity contribution < 1.29 is 4.52 Å². The van der Waals surface area contributed by atoms with Gasteiger partial charge < -0.3 is 4.52 Å². The Balaban J connectivity index is 2.23. The number of hydrogen-bond acceptors (Lipinski definition) is 4. The second-order valence-corrected chi connectivity index (χ2v) is 5.43. The molecular weight excluding hydrogens is 306 g/mol. The van der Waals surface area contributed by atoms with E-state index in [0.29, 0.717) is 18.1 Å². The monoisotopic (exact) mass is 319 g/mol. The van der Waals surface area contributed by atoms with Crippen LogP contribution in [0.15, 0.2) is 27.2 Å². The van der Waals surface area contributed by atoms with E-state index in [0.717, 1.165) is 22.0 Å². The smallest absolute Gasteiger partial charge is 0.229 e. The normalized spacial score (nSPS) is 12.1. The van der Waals surface area contributed by atoms with E-state index in [4.69, 9.17) is 9.78 Å². The highest BCUT2D eigenvalue weighted by atomic mass is 79.9. The van der Waals surface area contributed by atoms with Crippen molar-refractivity contribution in [2.45, 2.75) is 32.6 Å². The summed E-state index contributed by atoms with van der Waals surface area (Å²) in [6.07, 6.45) is 1.23. The van der Waals surface area contributed by atoms with E-state index in [1.54, 1.807) is 0 Å². The molecule has 1 atom stereocenters. The molecule has 0 aliphatic carbocycles. The first kappa shape index (κ1) is 13.8. The highest BCUT2D eigenvalue weighted by molar-refractivity contribution is 9.10. The molecule has 19 heavy (non-hydrogen) atoms. The Hall–Kier alpha value is -1.67. The lowest BCUT2D eigenvalue weighted by atomic mass is 10.1. The first-order valence-corrected chi connectivity index (χ1v) is 6.88. The molecule has 2 rings (SSSR count). The summed E-state index contributed by atoms with van der Waals surface area (Å²) >= 11 is 3.43. The molecule has 0 aliphatic rings. The van der Waals surface area contributed by atoms with Crippen LogP contribution in [0.2, 0.25) is 0 Å². The number of nitrogens with zero attached hydrogens (tertiary/aromatic N) is 3. The number of aryl methyl sites for hydroxylation is 1. The predicted molar refractivity (Wildman–Crippen MR) is 75.4 cm³/mol. The molecule has 0 saturated heterocycles. The van der Waals surface area contributed by atoms with E-state index in [-0.39, 0.29) is 5.92 Å². The summed E-state index contributed by atoms with van der Waals surface area (Å²) in [6, 6.07) is 8.07. The summed E-state index contributed by atoms with van der Waals surface area (Å²) in [5.41, 5.74) is 2.05. The van der Waals surface area contributed by atoms with Gasteiger partial charge in [-0.1, -0.05) is 28.0 Å². The lowest BCUT2D eigenvalue weighted by Gasteiger charge is -2.02. The van der Waals surface area contributed by atoms with E-state index < -0.39 is 0 Å². The third-order valence-corrected chi connectivity index (χ3v) is 3.48. The van der Waals surface area contributed by atoms with Gasteiger partial charge in [0.15, 0.2) is 0 Å². The Morgan fingerprint density at radius 3 is 2.95 bits per heavy atom. The molecule has 0 N–H and O–H groups in total. The average molecular weight is 320 g/mol. The Morgan fingerprint density at radius 1 is 1.47 bits per heavy atom. The second kappa shape index (κ2) is 5.98. The molecule has 1 heterocycles. The molecule has 1 aromatic heterocycles. The van der Waals surface area contributed by atoms with Crippen molar-refractivity contribution in [1.29, 1.82) is 5.26 Å². The first-order valence-electron chi connectivity index (χ1n) is 6.09. The van der Waals surface area contributed by atoms with Crippen LogP contribution in [0.25, 0.3) is 11.4 Å². The molecule has 0 amide bonds. The van der Waals surface area contributed by atoms with Gasteiger partial charge in [-0.3, -0.25) is 0 Å². The van der Waals surface area contributed by atoms with E-state index >= 15 is 0 Å². The molecule has 0 fully saturated rings. The summed E-state index contributed by atoms with van der Waals surface area (Å²) in [6.45, 7) is 4.00. The van der Waals surface area contributed by atoms with E-state index in [1.165, 1.54) is 0 Å². The van der Waals surface area contributed by atoms with Gasteiger partial charge in [0.25, 0.3) is 0 Å². The van der Waals surface area contributed by atoms with Crippen LogP contribution in [0.5, 0.6) is 0 Å². The molecule has 4 nitrogen and oxygen atoms in total. The summed E-state index contributed by atoms with van der Waals surface area (Å²) in [4.78, 5) is 4.42. The number of aromatic nitrogens is 2. The van der Waals surface area contributed by atoms with Crippen LogP contribution in [0.1, 0.15) is 37.1 Å². The molecule has 1 aromatic carbocycles. The quantitative estimate of drug-likeness (QED) is 0.846. The minimum absolute atomic E-state index is 0.108. The van der Waals surface area contributed by atoms with Gasteiger partial charge in [0.2, 0.25) is 11.7 Å². The van der Waals surface area contributed by atoms with E-state index in [9.17, 15) is 0 Å². The topological polar surface area (TPSA) is 62.7 Å². The Bertz CT molecular complexity index is 615. The van der Waals surface area contributed by atoms with Crippen molar-refractivity contribution in [3.8, 4) is 17.5 Å². The molecule has 98 valence electrons. The summed E-state index contributed by atoms with van der Waals surface area (Å²) < 4.78 is 6.31. The van der Waals surface area contributed by atoms with Crippen molar-refractivity contribution in [1.82, 2.24) is 10.1 Å². The Kier molecular flexibility index (Phi) is 4.33. The van der Waals surface area contributed by atoms with Crippen molar-refractivity contribution in [3.05, 3.63) is 34.1 Å². The second-order valence-electron chi connectivity index (χ2n) is 4.51. The third-order valence-electron chi connectivity index (χ3n) is 2.98. The van der Waals surface area contributed by atoms with Gasteiger partial charge in [-0.05, 0) is 37.1 Å². The van der Waals surface area contributed by atoms with Gasteiger partial charge in [0.1, 0.15) is 0 Å². The molecule has 0 saturated carbocycles. The van der Waals surface area contributed by atoms with Gasteiger partial charge in [-0.2, -0.15) is 10.2 Å². The number of nitriles is 1. The van der Waals surface area contributed by atoms with Crippen LogP contribution >= 0.6 is 15.9 Å². The van der Waals surface area contributed by atoms with Crippen LogP contribution in [0.3, 0.4) is 0 Å². The zero-order chi connectivity index (χ0) is 13.8. The molecule has 1 unspecified atom stereocenters. The fourth-order valence-corrected chi connectivity index (χ4v) is 2.30. The van der Waals surface area contributed by atoms with Gasteiger partial charge in [0.05, 0.1) is 6.07 Å². The maximum atomic E-state index is 8.59. The van der Waals surface area contributed by atoms with Gasteiger partial charge in [-0.15, -0.1) is 0 Å². The first-order chi connectivity index (χ1) is 9.11. The lowest BCUT2D eigenvalue weighted by Crippen LogP contribution is -1.93. The lowest BCUT2D eigenvalue weighted by molar-refractivity contribution is 0.355. The summed E-state index contributed by atoms with van der Waals surface area (Å²) in [5, 5.41) is 12.6. The molecule has 0 spiro atoms. The average Bonchev–Trinajstić information content (AvgIpc) is 2.85. The molecule has 0 bridgehead atoms. The molecule has 0 radical (unpaired) electrons. The van der Waals surface area contributed by atoms with Crippen molar-refractivity contribution >= 4 is 15.9 Å². The fraction of sp³-hybridized carbons (Fsp3) is 0.357. The number of benzene rings is 1. The Morgan fingerprint density at radius 2 is 2.26 bits per heavy atom. The number of hydrogen-bond donors (Lipinski definition) is 0.